The molecule has 72 valence electrons. The van der Waals surface area contributed by atoms with E-state index in [1.54, 1.807) is 6.20 Å². The standard InChI is InChI=1S/C8H13N3O2/c12-8(13)11-3-1-6-5-9-10-7(6)2-4-11/h2,4,6-7,9-10H,1,3,5H2,(H,12,13). The van der Waals surface area contributed by atoms with E-state index in [0.29, 0.717) is 12.5 Å². The minimum atomic E-state index is -0.871. The van der Waals surface area contributed by atoms with Crippen molar-refractivity contribution in [2.24, 2.45) is 5.92 Å². The number of carboxylic acid groups (broad SMARTS) is 1. The second kappa shape index (κ2) is 3.35. The molecule has 0 aromatic rings. The Morgan fingerprint density at radius 3 is 3.23 bits per heavy atom. The lowest BCUT2D eigenvalue weighted by Crippen LogP contribution is -2.29. The topological polar surface area (TPSA) is 64.6 Å². The van der Waals surface area contributed by atoms with Crippen molar-refractivity contribution >= 4 is 6.09 Å². The molecule has 0 radical (unpaired) electrons. The van der Waals surface area contributed by atoms with E-state index in [-0.39, 0.29) is 6.04 Å². The molecule has 1 amide bonds. The molecular weight excluding hydrogens is 170 g/mol. The summed E-state index contributed by atoms with van der Waals surface area (Å²) >= 11 is 0. The zero-order chi connectivity index (χ0) is 9.26. The third-order valence-electron chi connectivity index (χ3n) is 2.60. The number of amides is 1. The summed E-state index contributed by atoms with van der Waals surface area (Å²) in [6, 6.07) is 0.282. The Bertz CT molecular complexity index is 242. The van der Waals surface area contributed by atoms with Crippen LogP contribution in [0.15, 0.2) is 12.3 Å². The van der Waals surface area contributed by atoms with Gasteiger partial charge < -0.3 is 5.11 Å². The number of nitrogens with one attached hydrogen (secondary N) is 2. The summed E-state index contributed by atoms with van der Waals surface area (Å²) in [5.74, 6) is 0.514. The third-order valence-corrected chi connectivity index (χ3v) is 2.60. The number of hydrogen-bond donors (Lipinski definition) is 3. The molecule has 0 aromatic carbocycles. The van der Waals surface area contributed by atoms with Gasteiger partial charge in [0.15, 0.2) is 0 Å². The molecule has 2 atom stereocenters. The van der Waals surface area contributed by atoms with E-state index in [9.17, 15) is 4.79 Å². The van der Waals surface area contributed by atoms with Gasteiger partial charge in [-0.2, -0.15) is 0 Å². The molecule has 5 heteroatoms. The van der Waals surface area contributed by atoms with Crippen molar-refractivity contribution in [2.45, 2.75) is 12.5 Å². The third kappa shape index (κ3) is 1.66. The average Bonchev–Trinajstić information content (AvgIpc) is 2.44. The summed E-state index contributed by atoms with van der Waals surface area (Å²) in [7, 11) is 0. The highest BCUT2D eigenvalue weighted by atomic mass is 16.4. The van der Waals surface area contributed by atoms with Crippen LogP contribution in [0, 0.1) is 5.92 Å². The maximum absolute atomic E-state index is 10.7. The summed E-state index contributed by atoms with van der Waals surface area (Å²) in [6.07, 6.45) is 3.59. The fraction of sp³-hybridized carbons (Fsp3) is 0.625. The zero-order valence-electron chi connectivity index (χ0n) is 7.23. The Kier molecular flexibility index (Phi) is 2.20. The number of rotatable bonds is 0. The minimum Gasteiger partial charge on any atom is -0.465 e. The van der Waals surface area contributed by atoms with Crippen LogP contribution in [0.3, 0.4) is 0 Å². The lowest BCUT2D eigenvalue weighted by atomic mass is 9.99. The molecule has 0 aliphatic carbocycles. The average molecular weight is 183 g/mol. The Morgan fingerprint density at radius 2 is 2.46 bits per heavy atom. The Labute approximate surface area is 76.4 Å². The second-order valence-electron chi connectivity index (χ2n) is 3.42. The van der Waals surface area contributed by atoms with Crippen LogP contribution < -0.4 is 10.9 Å². The summed E-state index contributed by atoms with van der Waals surface area (Å²) in [5, 5.41) is 8.77. The first-order valence-corrected chi connectivity index (χ1v) is 4.43. The highest BCUT2D eigenvalue weighted by molar-refractivity contribution is 5.66. The highest BCUT2D eigenvalue weighted by Gasteiger charge is 2.27. The van der Waals surface area contributed by atoms with Crippen LogP contribution in [0.4, 0.5) is 4.79 Å². The van der Waals surface area contributed by atoms with Gasteiger partial charge in [0.1, 0.15) is 0 Å². The fourth-order valence-corrected chi connectivity index (χ4v) is 1.78. The van der Waals surface area contributed by atoms with Crippen LogP contribution in [-0.2, 0) is 0 Å². The van der Waals surface area contributed by atoms with Gasteiger partial charge in [0.05, 0.1) is 0 Å². The van der Waals surface area contributed by atoms with Gasteiger partial charge in [0.25, 0.3) is 0 Å². The molecule has 0 aromatic heterocycles. The largest absolute Gasteiger partial charge is 0.465 e. The van der Waals surface area contributed by atoms with Crippen molar-refractivity contribution in [1.82, 2.24) is 15.8 Å². The van der Waals surface area contributed by atoms with E-state index >= 15 is 0 Å². The zero-order valence-corrected chi connectivity index (χ0v) is 7.23. The molecule has 3 N–H and O–H groups in total. The predicted octanol–water partition coefficient (Wildman–Crippen LogP) is -0.0236. The van der Waals surface area contributed by atoms with Gasteiger partial charge >= 0.3 is 6.09 Å². The molecular formula is C8H13N3O2. The second-order valence-corrected chi connectivity index (χ2v) is 3.42. The molecule has 0 saturated carbocycles. The number of nitrogens with zero attached hydrogens (tertiary/aromatic N) is 1. The number of hydrogen-bond acceptors (Lipinski definition) is 3. The molecule has 5 nitrogen and oxygen atoms in total. The van der Waals surface area contributed by atoms with Crippen molar-refractivity contribution in [3.05, 3.63) is 12.3 Å². The molecule has 0 spiro atoms. The molecule has 2 heterocycles. The Hall–Kier alpha value is -1.07. The van der Waals surface area contributed by atoms with E-state index in [4.69, 9.17) is 5.11 Å². The van der Waals surface area contributed by atoms with Crippen LogP contribution in [0.1, 0.15) is 6.42 Å². The molecule has 2 rings (SSSR count). The monoisotopic (exact) mass is 183 g/mol. The summed E-state index contributed by atoms with van der Waals surface area (Å²) in [5.41, 5.74) is 6.17. The quantitative estimate of drug-likeness (QED) is 0.493. The van der Waals surface area contributed by atoms with E-state index < -0.39 is 6.09 Å². The Morgan fingerprint density at radius 1 is 1.62 bits per heavy atom. The molecule has 1 fully saturated rings. The van der Waals surface area contributed by atoms with Crippen LogP contribution in [0.5, 0.6) is 0 Å². The van der Waals surface area contributed by atoms with E-state index in [2.05, 4.69) is 10.9 Å². The number of carbonyl (C=O) groups is 1. The van der Waals surface area contributed by atoms with Crippen LogP contribution >= 0.6 is 0 Å². The van der Waals surface area contributed by atoms with Crippen molar-refractivity contribution < 1.29 is 9.90 Å². The highest BCUT2D eigenvalue weighted by Crippen LogP contribution is 2.17. The van der Waals surface area contributed by atoms with Gasteiger partial charge in [-0.25, -0.2) is 4.79 Å². The lowest BCUT2D eigenvalue weighted by Gasteiger charge is -2.13. The van der Waals surface area contributed by atoms with Crippen molar-refractivity contribution in [2.75, 3.05) is 13.1 Å². The predicted molar refractivity (Wildman–Crippen MR) is 46.9 cm³/mol. The maximum Gasteiger partial charge on any atom is 0.411 e. The first-order valence-electron chi connectivity index (χ1n) is 4.43. The minimum absolute atomic E-state index is 0.282. The molecule has 1 saturated heterocycles. The fourth-order valence-electron chi connectivity index (χ4n) is 1.78. The molecule has 13 heavy (non-hydrogen) atoms. The van der Waals surface area contributed by atoms with E-state index in [1.807, 2.05) is 6.08 Å². The first-order chi connectivity index (χ1) is 6.27. The van der Waals surface area contributed by atoms with Crippen LogP contribution in [0.25, 0.3) is 0 Å². The SMILES string of the molecule is O=C(O)N1C=CC2NNCC2CC1. The van der Waals surface area contributed by atoms with Gasteiger partial charge in [-0.15, -0.1) is 0 Å². The van der Waals surface area contributed by atoms with Gasteiger partial charge in [0, 0.05) is 25.3 Å². The van der Waals surface area contributed by atoms with E-state index in [0.717, 1.165) is 13.0 Å². The van der Waals surface area contributed by atoms with E-state index in [1.165, 1.54) is 4.90 Å². The van der Waals surface area contributed by atoms with Gasteiger partial charge in [-0.3, -0.25) is 15.8 Å². The molecule has 2 unspecified atom stereocenters. The van der Waals surface area contributed by atoms with Gasteiger partial charge in [-0.05, 0) is 18.4 Å². The van der Waals surface area contributed by atoms with Crippen molar-refractivity contribution in [3.63, 3.8) is 0 Å². The normalized spacial score (nSPS) is 32.8. The van der Waals surface area contributed by atoms with Gasteiger partial charge in [-0.1, -0.05) is 0 Å². The van der Waals surface area contributed by atoms with Crippen molar-refractivity contribution in [3.8, 4) is 0 Å². The van der Waals surface area contributed by atoms with Crippen LogP contribution in [-0.4, -0.2) is 35.2 Å². The first kappa shape index (κ1) is 8.52. The summed E-state index contributed by atoms with van der Waals surface area (Å²) in [6.45, 7) is 1.51. The lowest BCUT2D eigenvalue weighted by molar-refractivity contribution is 0.162. The molecule has 2 aliphatic heterocycles. The summed E-state index contributed by atoms with van der Waals surface area (Å²) in [4.78, 5) is 12.0. The number of fused-ring (bicyclic) bond motifs is 1. The maximum atomic E-state index is 10.7. The smallest absolute Gasteiger partial charge is 0.411 e. The van der Waals surface area contributed by atoms with Gasteiger partial charge in [0.2, 0.25) is 0 Å². The summed E-state index contributed by atoms with van der Waals surface area (Å²) < 4.78 is 0. The van der Waals surface area contributed by atoms with Crippen molar-refractivity contribution in [1.29, 1.82) is 0 Å². The Balaban J connectivity index is 2.06. The number of hydrazine groups is 1. The molecule has 2 aliphatic rings. The molecule has 0 bridgehead atoms. The van der Waals surface area contributed by atoms with Crippen LogP contribution in [0.2, 0.25) is 0 Å².